The van der Waals surface area contributed by atoms with Crippen molar-refractivity contribution in [1.29, 1.82) is 0 Å². The van der Waals surface area contributed by atoms with Gasteiger partial charge in [0.05, 0.1) is 19.9 Å². The summed E-state index contributed by atoms with van der Waals surface area (Å²) in [6.45, 7) is 4.40. The fourth-order valence-corrected chi connectivity index (χ4v) is 6.38. The number of aldehydes is 1. The van der Waals surface area contributed by atoms with Crippen LogP contribution in [0.5, 0.6) is 23.0 Å². The quantitative estimate of drug-likeness (QED) is 0.112. The Bertz CT molecular complexity index is 1980. The van der Waals surface area contributed by atoms with Crippen LogP contribution in [0.4, 0.5) is 22.7 Å². The molecule has 4 aromatic rings. The SMILES string of the molecule is COc1cc(C)c(NC=O)cc1OCc1cc(COc2cc(NC(=O)C3Cc4ccccc4N3C)c(C=O)cc2OC)cc(N(C)CCCC(C)=O)c1. The maximum absolute atomic E-state index is 13.5. The van der Waals surface area contributed by atoms with E-state index in [0.29, 0.717) is 72.9 Å². The zero-order valence-electron chi connectivity index (χ0n) is 31.0. The molecule has 5 rings (SSSR count). The molecular formula is C41H46N4O8. The summed E-state index contributed by atoms with van der Waals surface area (Å²) in [6, 6.07) is 20.1. The molecule has 1 aliphatic rings. The fraction of sp³-hybridized carbons (Fsp3) is 0.317. The highest BCUT2D eigenvalue weighted by molar-refractivity contribution is 6.02. The van der Waals surface area contributed by atoms with E-state index in [1.165, 1.54) is 7.11 Å². The van der Waals surface area contributed by atoms with Gasteiger partial charge in [-0.1, -0.05) is 18.2 Å². The molecule has 0 aromatic heterocycles. The van der Waals surface area contributed by atoms with Crippen molar-refractivity contribution in [2.75, 3.05) is 55.3 Å². The Kier molecular flexibility index (Phi) is 12.6. The van der Waals surface area contributed by atoms with Crippen molar-refractivity contribution in [3.63, 3.8) is 0 Å². The first-order valence-electron chi connectivity index (χ1n) is 17.3. The molecule has 0 aliphatic carbocycles. The molecule has 1 aliphatic heterocycles. The molecule has 12 heteroatoms. The third-order valence-electron chi connectivity index (χ3n) is 9.29. The average Bonchev–Trinajstić information content (AvgIpc) is 3.49. The largest absolute Gasteiger partial charge is 0.493 e. The summed E-state index contributed by atoms with van der Waals surface area (Å²) >= 11 is 0. The fourth-order valence-electron chi connectivity index (χ4n) is 6.38. The summed E-state index contributed by atoms with van der Waals surface area (Å²) in [5.74, 6) is 1.56. The van der Waals surface area contributed by atoms with Gasteiger partial charge in [0.15, 0.2) is 29.3 Å². The number of hydrogen-bond donors (Lipinski definition) is 2. The molecule has 0 saturated carbocycles. The molecule has 278 valence electrons. The van der Waals surface area contributed by atoms with Gasteiger partial charge in [0.25, 0.3) is 0 Å². The van der Waals surface area contributed by atoms with E-state index in [1.54, 1.807) is 38.3 Å². The number of carbonyl (C=O) groups excluding carboxylic acids is 4. The van der Waals surface area contributed by atoms with E-state index in [1.807, 2.05) is 68.4 Å². The molecule has 0 bridgehead atoms. The third kappa shape index (κ3) is 9.26. The Labute approximate surface area is 310 Å². The Morgan fingerprint density at radius 1 is 0.887 bits per heavy atom. The van der Waals surface area contributed by atoms with Crippen molar-refractivity contribution >= 4 is 47.1 Å². The molecule has 1 atom stereocenters. The van der Waals surface area contributed by atoms with E-state index in [2.05, 4.69) is 15.5 Å². The number of para-hydroxylation sites is 1. The van der Waals surface area contributed by atoms with E-state index in [9.17, 15) is 19.2 Å². The lowest BCUT2D eigenvalue weighted by Gasteiger charge is -2.23. The highest BCUT2D eigenvalue weighted by Crippen LogP contribution is 2.37. The minimum atomic E-state index is -0.443. The molecule has 53 heavy (non-hydrogen) atoms. The first kappa shape index (κ1) is 38.2. The third-order valence-corrected chi connectivity index (χ3v) is 9.29. The Hall–Kier alpha value is -6.04. The van der Waals surface area contributed by atoms with Crippen LogP contribution < -0.4 is 39.4 Å². The van der Waals surface area contributed by atoms with Crippen LogP contribution in [0.15, 0.2) is 66.7 Å². The number of amides is 2. The lowest BCUT2D eigenvalue weighted by molar-refractivity contribution is -0.118. The number of aryl methyl sites for hydroxylation is 1. The molecule has 4 aromatic carbocycles. The number of Topliss-reactive ketones (excluding diaryl/α,β-unsaturated/α-hetero) is 1. The number of likely N-dealkylation sites (N-methyl/N-ethyl adjacent to an activating group) is 1. The number of benzene rings is 4. The van der Waals surface area contributed by atoms with Gasteiger partial charge in [-0.3, -0.25) is 14.4 Å². The van der Waals surface area contributed by atoms with E-state index < -0.39 is 6.04 Å². The van der Waals surface area contributed by atoms with Gasteiger partial charge in [-0.05, 0) is 78.9 Å². The summed E-state index contributed by atoms with van der Waals surface area (Å²) < 4.78 is 23.7. The summed E-state index contributed by atoms with van der Waals surface area (Å²) in [5, 5.41) is 5.64. The van der Waals surface area contributed by atoms with Gasteiger partial charge in [-0.15, -0.1) is 0 Å². The number of ether oxygens (including phenoxy) is 4. The summed E-state index contributed by atoms with van der Waals surface area (Å²) in [7, 11) is 6.88. The second kappa shape index (κ2) is 17.5. The molecule has 0 radical (unpaired) electrons. The molecule has 1 unspecified atom stereocenters. The normalized spacial score (nSPS) is 13.1. The number of methoxy groups -OCH3 is 2. The van der Waals surface area contributed by atoms with Crippen molar-refractivity contribution in [1.82, 2.24) is 0 Å². The Morgan fingerprint density at radius 3 is 2.13 bits per heavy atom. The van der Waals surface area contributed by atoms with Gasteiger partial charge in [-0.2, -0.15) is 0 Å². The van der Waals surface area contributed by atoms with Crippen LogP contribution in [0.25, 0.3) is 0 Å². The van der Waals surface area contributed by atoms with Gasteiger partial charge in [-0.25, -0.2) is 0 Å². The van der Waals surface area contributed by atoms with Gasteiger partial charge in [0.1, 0.15) is 25.0 Å². The number of hydrogen-bond acceptors (Lipinski definition) is 10. The average molecular weight is 723 g/mol. The zero-order valence-corrected chi connectivity index (χ0v) is 31.0. The van der Waals surface area contributed by atoms with Crippen molar-refractivity contribution in [2.24, 2.45) is 0 Å². The van der Waals surface area contributed by atoms with Gasteiger partial charge >= 0.3 is 0 Å². The van der Waals surface area contributed by atoms with Crippen LogP contribution in [0.3, 0.4) is 0 Å². The number of nitrogens with zero attached hydrogens (tertiary/aromatic N) is 2. The highest BCUT2D eigenvalue weighted by Gasteiger charge is 2.32. The summed E-state index contributed by atoms with van der Waals surface area (Å²) in [5.41, 5.74) is 6.63. The minimum Gasteiger partial charge on any atom is -0.493 e. The molecular weight excluding hydrogens is 676 g/mol. The number of carbonyl (C=O) groups is 4. The van der Waals surface area contributed by atoms with Gasteiger partial charge in [0.2, 0.25) is 12.3 Å². The molecule has 2 N–H and O–H groups in total. The maximum atomic E-state index is 13.5. The van der Waals surface area contributed by atoms with Crippen LogP contribution in [-0.4, -0.2) is 65.3 Å². The lowest BCUT2D eigenvalue weighted by Crippen LogP contribution is -2.39. The monoisotopic (exact) mass is 722 g/mol. The van der Waals surface area contributed by atoms with Crippen LogP contribution in [0.2, 0.25) is 0 Å². The molecule has 12 nitrogen and oxygen atoms in total. The van der Waals surface area contributed by atoms with Crippen LogP contribution >= 0.6 is 0 Å². The number of nitrogens with one attached hydrogen (secondary N) is 2. The number of anilines is 4. The number of fused-ring (bicyclic) bond motifs is 1. The summed E-state index contributed by atoms with van der Waals surface area (Å²) in [6.07, 6.45) is 3.01. The topological polar surface area (TPSA) is 136 Å². The van der Waals surface area contributed by atoms with E-state index >= 15 is 0 Å². The summed E-state index contributed by atoms with van der Waals surface area (Å²) in [4.78, 5) is 52.4. The van der Waals surface area contributed by atoms with E-state index in [0.717, 1.165) is 33.6 Å². The van der Waals surface area contributed by atoms with Crippen molar-refractivity contribution in [2.45, 2.75) is 52.4 Å². The second-order valence-electron chi connectivity index (χ2n) is 13.0. The van der Waals surface area contributed by atoms with E-state index in [-0.39, 0.29) is 30.5 Å². The Morgan fingerprint density at radius 2 is 1.53 bits per heavy atom. The van der Waals surface area contributed by atoms with Crippen molar-refractivity contribution < 1.29 is 38.1 Å². The first-order chi connectivity index (χ1) is 25.5. The van der Waals surface area contributed by atoms with E-state index in [4.69, 9.17) is 18.9 Å². The predicted octanol–water partition coefficient (Wildman–Crippen LogP) is 6.36. The van der Waals surface area contributed by atoms with Crippen molar-refractivity contribution in [3.8, 4) is 23.0 Å². The molecule has 2 amide bonds. The minimum absolute atomic E-state index is 0.119. The lowest BCUT2D eigenvalue weighted by atomic mass is 10.1. The maximum Gasteiger partial charge on any atom is 0.247 e. The second-order valence-corrected chi connectivity index (χ2v) is 13.0. The highest BCUT2D eigenvalue weighted by atomic mass is 16.5. The van der Waals surface area contributed by atoms with Gasteiger partial charge in [0, 0.05) is 68.2 Å². The van der Waals surface area contributed by atoms with Crippen LogP contribution in [0, 0.1) is 6.92 Å². The first-order valence-corrected chi connectivity index (χ1v) is 17.3. The number of rotatable bonds is 18. The number of ketones is 1. The predicted molar refractivity (Wildman–Crippen MR) is 205 cm³/mol. The Balaban J connectivity index is 1.39. The molecule has 1 heterocycles. The van der Waals surface area contributed by atoms with Crippen LogP contribution in [-0.2, 0) is 34.0 Å². The zero-order chi connectivity index (χ0) is 38.1. The van der Waals surface area contributed by atoms with Crippen LogP contribution in [0.1, 0.15) is 52.4 Å². The molecule has 0 spiro atoms. The molecule has 0 fully saturated rings. The standard InChI is InChI=1S/C41H46N4O8/c1-26-14-37(50-5)39(20-33(26)42-25-47)52-23-28-15-29(17-32(16-28)44(3)13-9-10-27(2)48)24-53-40-21-34(31(22-46)19-38(40)51-6)43-41(49)36-18-30-11-7-8-12-35(30)45(36)4/h7-8,11-12,14-17,19-22,25,36H,9-10,13,18,23-24H2,1-6H3,(H,42,47)(H,43,49). The van der Waals surface area contributed by atoms with Crippen molar-refractivity contribution in [3.05, 3.63) is 94.5 Å². The van der Waals surface area contributed by atoms with Gasteiger partial charge < -0.3 is 44.2 Å². The smallest absolute Gasteiger partial charge is 0.247 e. The molecule has 0 saturated heterocycles.